The van der Waals surface area contributed by atoms with Crippen molar-refractivity contribution in [3.63, 3.8) is 0 Å². The number of nitrogens with zero attached hydrogens (tertiary/aromatic N) is 3. The molecule has 5 rings (SSSR count). The minimum atomic E-state index is 0.191. The fraction of sp³-hybridized carbons (Fsp3) is 0.200. The number of nitrogens with one attached hydrogen (secondary N) is 1. The van der Waals surface area contributed by atoms with E-state index < -0.39 is 0 Å². The number of hydrogen-bond donors (Lipinski definition) is 2. The zero-order chi connectivity index (χ0) is 22.1. The van der Waals surface area contributed by atoms with Gasteiger partial charge in [0.05, 0.1) is 23.9 Å². The molecule has 2 aromatic heterocycles. The van der Waals surface area contributed by atoms with Crippen LogP contribution >= 0.6 is 0 Å². The Bertz CT molecular complexity index is 1320. The number of nitriles is 1. The number of hydrogen-bond acceptors (Lipinski definition) is 6. The molecule has 1 saturated carbocycles. The number of rotatable bonds is 6. The van der Waals surface area contributed by atoms with Crippen LogP contribution in [0.2, 0.25) is 0 Å². The lowest BCUT2D eigenvalue weighted by Gasteiger charge is -2.30. The van der Waals surface area contributed by atoms with E-state index in [-0.39, 0.29) is 5.88 Å². The number of ether oxygens (including phenoxy) is 2. The van der Waals surface area contributed by atoms with Gasteiger partial charge < -0.3 is 14.0 Å². The van der Waals surface area contributed by atoms with Gasteiger partial charge in [0.2, 0.25) is 11.8 Å². The lowest BCUT2D eigenvalue weighted by atomic mass is 9.92. The van der Waals surface area contributed by atoms with Gasteiger partial charge in [-0.1, -0.05) is 30.3 Å². The first-order valence-corrected chi connectivity index (χ1v) is 10.5. The summed E-state index contributed by atoms with van der Waals surface area (Å²) >= 11 is 0. The van der Waals surface area contributed by atoms with Crippen LogP contribution < -0.4 is 15.0 Å². The molecule has 0 unspecified atom stereocenters. The lowest BCUT2D eigenvalue weighted by Crippen LogP contribution is -2.17. The Morgan fingerprint density at radius 3 is 2.59 bits per heavy atom. The van der Waals surface area contributed by atoms with Gasteiger partial charge >= 0.3 is 0 Å². The standard InChI is InChI=1S/C25H22N4O3/c1-31-23-13-12-21(28-30)25(27-23)32-18-10-11-19-20(15-26)24(16-6-3-2-4-7-16)29(22(19)14-18)17-8-5-9-17/h2-4,6-7,10-14,17,28,30H,5,8-9H2,1H3. The van der Waals surface area contributed by atoms with Crippen molar-refractivity contribution in [3.8, 4) is 34.8 Å². The lowest BCUT2D eigenvalue weighted by molar-refractivity contribution is 0.324. The maximum absolute atomic E-state index is 10.0. The molecule has 7 nitrogen and oxygen atoms in total. The van der Waals surface area contributed by atoms with E-state index in [9.17, 15) is 10.5 Å². The Morgan fingerprint density at radius 1 is 1.12 bits per heavy atom. The van der Waals surface area contributed by atoms with Crippen molar-refractivity contribution in [2.75, 3.05) is 12.6 Å². The van der Waals surface area contributed by atoms with Gasteiger partial charge in [-0.3, -0.25) is 10.7 Å². The molecule has 1 aliphatic carbocycles. The molecule has 0 spiro atoms. The van der Waals surface area contributed by atoms with Gasteiger partial charge in [-0.25, -0.2) is 0 Å². The molecule has 2 aromatic carbocycles. The highest BCUT2D eigenvalue weighted by molar-refractivity contribution is 5.95. The SMILES string of the molecule is COc1ccc(NO)c(Oc2ccc3c(C#N)c(-c4ccccc4)n(C4CCC4)c3c2)n1. The zero-order valence-electron chi connectivity index (χ0n) is 17.6. The van der Waals surface area contributed by atoms with Crippen LogP contribution in [0.3, 0.4) is 0 Å². The maximum atomic E-state index is 10.0. The van der Waals surface area contributed by atoms with E-state index in [2.05, 4.69) is 21.1 Å². The second kappa shape index (κ2) is 8.25. The highest BCUT2D eigenvalue weighted by Gasteiger charge is 2.28. The number of aromatic nitrogens is 2. The highest BCUT2D eigenvalue weighted by atomic mass is 16.5. The summed E-state index contributed by atoms with van der Waals surface area (Å²) in [6, 6.07) is 21.7. The van der Waals surface area contributed by atoms with Crippen LogP contribution in [0.4, 0.5) is 5.69 Å². The minimum Gasteiger partial charge on any atom is -0.481 e. The molecule has 0 atom stereocenters. The van der Waals surface area contributed by atoms with Crippen LogP contribution in [-0.2, 0) is 0 Å². The molecule has 0 saturated heterocycles. The molecule has 32 heavy (non-hydrogen) atoms. The van der Waals surface area contributed by atoms with Gasteiger partial charge in [0.1, 0.15) is 17.5 Å². The molecule has 1 fully saturated rings. The molecule has 0 radical (unpaired) electrons. The van der Waals surface area contributed by atoms with Crippen LogP contribution in [0.1, 0.15) is 30.9 Å². The van der Waals surface area contributed by atoms with Gasteiger partial charge in [0.25, 0.3) is 0 Å². The van der Waals surface area contributed by atoms with Gasteiger partial charge in [-0.05, 0) is 43.0 Å². The number of benzene rings is 2. The van der Waals surface area contributed by atoms with Crippen molar-refractivity contribution < 1.29 is 14.7 Å². The molecular weight excluding hydrogens is 404 g/mol. The normalized spacial score (nSPS) is 13.4. The first-order valence-electron chi connectivity index (χ1n) is 10.5. The summed E-state index contributed by atoms with van der Waals surface area (Å²) in [6.45, 7) is 0. The fourth-order valence-electron chi connectivity index (χ4n) is 4.18. The van der Waals surface area contributed by atoms with Crippen LogP contribution in [0.15, 0.2) is 60.7 Å². The van der Waals surface area contributed by atoms with Crippen molar-refractivity contribution in [1.82, 2.24) is 9.55 Å². The highest BCUT2D eigenvalue weighted by Crippen LogP contribution is 2.43. The predicted octanol–water partition coefficient (Wildman–Crippen LogP) is 5.90. The van der Waals surface area contributed by atoms with Gasteiger partial charge in [0, 0.05) is 23.6 Å². The summed E-state index contributed by atoms with van der Waals surface area (Å²) in [7, 11) is 1.52. The smallest absolute Gasteiger partial charge is 0.248 e. The molecule has 0 bridgehead atoms. The second-order valence-corrected chi connectivity index (χ2v) is 7.76. The summed E-state index contributed by atoms with van der Waals surface area (Å²) in [5.41, 5.74) is 6.01. The van der Waals surface area contributed by atoms with Crippen molar-refractivity contribution in [2.24, 2.45) is 0 Å². The Morgan fingerprint density at radius 2 is 1.94 bits per heavy atom. The third-order valence-corrected chi connectivity index (χ3v) is 5.95. The molecule has 2 heterocycles. The molecule has 1 aliphatic rings. The maximum Gasteiger partial charge on any atom is 0.248 e. The van der Waals surface area contributed by atoms with Crippen molar-refractivity contribution >= 4 is 16.6 Å². The fourth-order valence-corrected chi connectivity index (χ4v) is 4.18. The largest absolute Gasteiger partial charge is 0.481 e. The number of anilines is 1. The number of methoxy groups -OCH3 is 1. The molecule has 160 valence electrons. The Hall–Kier alpha value is -4.02. The molecular formula is C25H22N4O3. The Kier molecular flexibility index (Phi) is 5.13. The van der Waals surface area contributed by atoms with Crippen LogP contribution in [0.25, 0.3) is 22.2 Å². The number of fused-ring (bicyclic) bond motifs is 1. The second-order valence-electron chi connectivity index (χ2n) is 7.76. The third kappa shape index (κ3) is 3.31. The zero-order valence-corrected chi connectivity index (χ0v) is 17.6. The molecule has 4 aromatic rings. The van der Waals surface area contributed by atoms with E-state index in [1.54, 1.807) is 12.1 Å². The summed E-state index contributed by atoms with van der Waals surface area (Å²) < 4.78 is 13.5. The minimum absolute atomic E-state index is 0.191. The Labute approximate surface area is 185 Å². The van der Waals surface area contributed by atoms with E-state index >= 15 is 0 Å². The molecule has 7 heteroatoms. The van der Waals surface area contributed by atoms with E-state index in [1.165, 1.54) is 13.5 Å². The molecule has 0 amide bonds. The van der Waals surface area contributed by atoms with E-state index in [4.69, 9.17) is 9.47 Å². The van der Waals surface area contributed by atoms with E-state index in [1.807, 2.05) is 48.5 Å². The summed E-state index contributed by atoms with van der Waals surface area (Å²) in [6.07, 6.45) is 3.33. The van der Waals surface area contributed by atoms with Crippen LogP contribution in [0.5, 0.6) is 17.5 Å². The van der Waals surface area contributed by atoms with E-state index in [0.29, 0.717) is 28.9 Å². The average Bonchev–Trinajstić information content (AvgIpc) is 3.11. The van der Waals surface area contributed by atoms with E-state index in [0.717, 1.165) is 35.0 Å². The third-order valence-electron chi connectivity index (χ3n) is 5.95. The van der Waals surface area contributed by atoms with Gasteiger partial charge in [0.15, 0.2) is 0 Å². The van der Waals surface area contributed by atoms with Crippen molar-refractivity contribution in [1.29, 1.82) is 5.26 Å². The van der Waals surface area contributed by atoms with Crippen LogP contribution in [0, 0.1) is 11.3 Å². The average molecular weight is 426 g/mol. The van der Waals surface area contributed by atoms with Crippen LogP contribution in [-0.4, -0.2) is 21.9 Å². The summed E-state index contributed by atoms with van der Waals surface area (Å²) in [5, 5.41) is 20.4. The number of pyridine rings is 1. The first-order chi connectivity index (χ1) is 15.7. The molecule has 0 aliphatic heterocycles. The predicted molar refractivity (Wildman–Crippen MR) is 121 cm³/mol. The Balaban J connectivity index is 1.67. The summed E-state index contributed by atoms with van der Waals surface area (Å²) in [4.78, 5) is 4.28. The van der Waals surface area contributed by atoms with Crippen molar-refractivity contribution in [2.45, 2.75) is 25.3 Å². The van der Waals surface area contributed by atoms with Gasteiger partial charge in [-0.15, -0.1) is 0 Å². The quantitative estimate of drug-likeness (QED) is 0.373. The topological polar surface area (TPSA) is 92.3 Å². The van der Waals surface area contributed by atoms with Crippen molar-refractivity contribution in [3.05, 3.63) is 66.2 Å². The summed E-state index contributed by atoms with van der Waals surface area (Å²) in [5.74, 6) is 1.12. The molecule has 2 N–H and O–H groups in total. The van der Waals surface area contributed by atoms with Gasteiger partial charge in [-0.2, -0.15) is 10.2 Å². The first kappa shape index (κ1) is 19.9. The monoisotopic (exact) mass is 426 g/mol.